The van der Waals surface area contributed by atoms with Gasteiger partial charge in [-0.2, -0.15) is 0 Å². The first kappa shape index (κ1) is 17.3. The van der Waals surface area contributed by atoms with Crippen molar-refractivity contribution in [1.29, 1.82) is 0 Å². The first-order chi connectivity index (χ1) is 13.0. The van der Waals surface area contributed by atoms with Crippen LogP contribution in [-0.4, -0.2) is 36.6 Å². The Morgan fingerprint density at radius 1 is 1.11 bits per heavy atom. The lowest BCUT2D eigenvalue weighted by atomic mass is 10.00. The van der Waals surface area contributed by atoms with Crippen LogP contribution in [0.15, 0.2) is 53.1 Å². The van der Waals surface area contributed by atoms with E-state index in [0.717, 1.165) is 22.5 Å². The number of aromatic nitrogens is 1. The van der Waals surface area contributed by atoms with Crippen molar-refractivity contribution in [3.63, 3.8) is 0 Å². The van der Waals surface area contributed by atoms with Gasteiger partial charge in [0.15, 0.2) is 5.76 Å². The van der Waals surface area contributed by atoms with Crippen LogP contribution in [0.3, 0.4) is 0 Å². The van der Waals surface area contributed by atoms with Gasteiger partial charge in [0.05, 0.1) is 6.54 Å². The van der Waals surface area contributed by atoms with Gasteiger partial charge in [-0.05, 0) is 55.0 Å². The van der Waals surface area contributed by atoms with Crippen LogP contribution in [0, 0.1) is 5.82 Å². The predicted octanol–water partition coefficient (Wildman–Crippen LogP) is 3.75. The van der Waals surface area contributed by atoms with E-state index < -0.39 is 0 Å². The quantitative estimate of drug-likeness (QED) is 0.709. The molecule has 1 aliphatic rings. The zero-order valence-electron chi connectivity index (χ0n) is 15.3. The van der Waals surface area contributed by atoms with Gasteiger partial charge in [-0.25, -0.2) is 4.39 Å². The molecule has 0 bridgehead atoms. The summed E-state index contributed by atoms with van der Waals surface area (Å²) in [5, 5.41) is 4.15. The van der Waals surface area contributed by atoms with Crippen LogP contribution >= 0.6 is 0 Å². The van der Waals surface area contributed by atoms with Crippen molar-refractivity contribution in [3.05, 3.63) is 71.2 Å². The second-order valence-corrected chi connectivity index (χ2v) is 6.86. The van der Waals surface area contributed by atoms with Gasteiger partial charge >= 0.3 is 0 Å². The monoisotopic (exact) mass is 365 g/mol. The fourth-order valence-corrected chi connectivity index (χ4v) is 3.32. The molecule has 0 saturated carbocycles. The number of nitrogens with zero attached hydrogens (tertiary/aromatic N) is 3. The molecule has 3 aromatic rings. The molecule has 0 N–H and O–H groups in total. The maximum Gasteiger partial charge on any atom is 0.254 e. The molecule has 0 unspecified atom stereocenters. The summed E-state index contributed by atoms with van der Waals surface area (Å²) in [7, 11) is 3.93. The van der Waals surface area contributed by atoms with E-state index in [0.29, 0.717) is 30.8 Å². The largest absolute Gasteiger partial charge is 0.378 e. The van der Waals surface area contributed by atoms with E-state index in [-0.39, 0.29) is 11.7 Å². The number of rotatable bonds is 3. The molecule has 6 heteroatoms. The molecule has 0 spiro atoms. The van der Waals surface area contributed by atoms with Crippen LogP contribution in [-0.2, 0) is 13.0 Å². The van der Waals surface area contributed by atoms with Gasteiger partial charge in [0.2, 0.25) is 0 Å². The molecule has 5 nitrogen and oxygen atoms in total. The minimum atomic E-state index is -0.288. The lowest BCUT2D eigenvalue weighted by Crippen LogP contribution is -2.36. The molecule has 0 fully saturated rings. The van der Waals surface area contributed by atoms with Gasteiger partial charge in [-0.3, -0.25) is 4.79 Å². The minimum absolute atomic E-state index is 0.0164. The van der Waals surface area contributed by atoms with Gasteiger partial charge < -0.3 is 14.3 Å². The fraction of sp³-hybridized carbons (Fsp3) is 0.238. The molecular formula is C21H20FN3O2. The van der Waals surface area contributed by atoms with E-state index in [1.807, 2.05) is 43.3 Å². The van der Waals surface area contributed by atoms with Crippen LogP contribution < -0.4 is 4.90 Å². The van der Waals surface area contributed by atoms with Crippen molar-refractivity contribution >= 4 is 11.6 Å². The van der Waals surface area contributed by atoms with Crippen LogP contribution in [0.4, 0.5) is 10.1 Å². The summed E-state index contributed by atoms with van der Waals surface area (Å²) in [6.07, 6.45) is 0.660. The Bertz CT molecular complexity index is 962. The first-order valence-corrected chi connectivity index (χ1v) is 8.83. The van der Waals surface area contributed by atoms with Crippen LogP contribution in [0.25, 0.3) is 11.3 Å². The van der Waals surface area contributed by atoms with Crippen molar-refractivity contribution in [3.8, 4) is 11.3 Å². The average molecular weight is 365 g/mol. The van der Waals surface area contributed by atoms with E-state index in [2.05, 4.69) is 5.16 Å². The van der Waals surface area contributed by atoms with E-state index in [1.165, 1.54) is 12.1 Å². The van der Waals surface area contributed by atoms with Gasteiger partial charge in [0.25, 0.3) is 5.91 Å². The molecule has 1 aromatic heterocycles. The molecule has 27 heavy (non-hydrogen) atoms. The Hall–Kier alpha value is -3.15. The van der Waals surface area contributed by atoms with E-state index >= 15 is 0 Å². The Labute approximate surface area is 157 Å². The van der Waals surface area contributed by atoms with E-state index in [4.69, 9.17) is 4.52 Å². The van der Waals surface area contributed by atoms with Crippen molar-refractivity contribution in [2.75, 3.05) is 25.5 Å². The lowest BCUT2D eigenvalue weighted by Gasteiger charge is -2.26. The predicted molar refractivity (Wildman–Crippen MR) is 101 cm³/mol. The third-order valence-electron chi connectivity index (χ3n) is 4.87. The summed E-state index contributed by atoms with van der Waals surface area (Å²) in [5.74, 6) is 0.355. The number of amides is 1. The summed E-state index contributed by atoms with van der Waals surface area (Å²) >= 11 is 0. The molecule has 0 saturated heterocycles. The molecule has 4 rings (SSSR count). The van der Waals surface area contributed by atoms with Crippen molar-refractivity contribution < 1.29 is 13.7 Å². The Morgan fingerprint density at radius 2 is 1.81 bits per heavy atom. The second-order valence-electron chi connectivity index (χ2n) is 6.86. The third-order valence-corrected chi connectivity index (χ3v) is 4.87. The normalized spacial score (nSPS) is 13.4. The number of carbonyl (C=O) groups is 1. The molecule has 2 heterocycles. The van der Waals surface area contributed by atoms with Gasteiger partial charge in [0.1, 0.15) is 11.5 Å². The number of fused-ring (bicyclic) bond motifs is 1. The SMILES string of the molecule is CN(C)c1ccc(C(=O)N2CCc3c(noc3-c3ccc(F)cc3)C2)cc1. The lowest BCUT2D eigenvalue weighted by molar-refractivity contribution is 0.0731. The molecule has 0 aliphatic carbocycles. The first-order valence-electron chi connectivity index (χ1n) is 8.83. The van der Waals surface area contributed by atoms with Gasteiger partial charge in [-0.15, -0.1) is 0 Å². The fourth-order valence-electron chi connectivity index (χ4n) is 3.32. The Balaban J connectivity index is 1.53. The minimum Gasteiger partial charge on any atom is -0.378 e. The van der Waals surface area contributed by atoms with Gasteiger partial charge in [-0.1, -0.05) is 5.16 Å². The number of carbonyl (C=O) groups excluding carboxylic acids is 1. The average Bonchev–Trinajstić information content (AvgIpc) is 3.11. The number of benzene rings is 2. The second kappa shape index (κ2) is 6.87. The Kier molecular flexibility index (Phi) is 4.39. The zero-order valence-corrected chi connectivity index (χ0v) is 15.3. The summed E-state index contributed by atoms with van der Waals surface area (Å²) in [6.45, 7) is 1.00. The van der Waals surface area contributed by atoms with Gasteiger partial charge in [0, 0.05) is 43.0 Å². The molecular weight excluding hydrogens is 345 g/mol. The number of hydrogen-bond acceptors (Lipinski definition) is 4. The Morgan fingerprint density at radius 3 is 2.48 bits per heavy atom. The van der Waals surface area contributed by atoms with Crippen molar-refractivity contribution in [2.45, 2.75) is 13.0 Å². The molecule has 2 aromatic carbocycles. The summed E-state index contributed by atoms with van der Waals surface area (Å²) in [5.41, 5.74) is 4.26. The maximum atomic E-state index is 13.1. The maximum absolute atomic E-state index is 13.1. The van der Waals surface area contributed by atoms with Crippen LogP contribution in [0.1, 0.15) is 21.6 Å². The highest BCUT2D eigenvalue weighted by atomic mass is 19.1. The number of anilines is 1. The third kappa shape index (κ3) is 3.30. The number of hydrogen-bond donors (Lipinski definition) is 0. The molecule has 0 atom stereocenters. The highest BCUT2D eigenvalue weighted by Gasteiger charge is 2.27. The summed E-state index contributed by atoms with van der Waals surface area (Å²) < 4.78 is 18.6. The van der Waals surface area contributed by atoms with Crippen molar-refractivity contribution in [1.82, 2.24) is 10.1 Å². The smallest absolute Gasteiger partial charge is 0.254 e. The summed E-state index contributed by atoms with van der Waals surface area (Å²) in [6, 6.07) is 13.7. The standard InChI is InChI=1S/C21H20FN3O2/c1-24(2)17-9-5-15(6-10-17)21(26)25-12-11-18-19(13-25)23-27-20(18)14-3-7-16(22)8-4-14/h3-10H,11-13H2,1-2H3. The van der Waals surface area contributed by atoms with E-state index in [1.54, 1.807) is 17.0 Å². The van der Waals surface area contributed by atoms with Crippen LogP contribution in [0.2, 0.25) is 0 Å². The zero-order chi connectivity index (χ0) is 19.0. The molecule has 138 valence electrons. The van der Waals surface area contributed by atoms with Crippen molar-refractivity contribution in [2.24, 2.45) is 0 Å². The van der Waals surface area contributed by atoms with Crippen LogP contribution in [0.5, 0.6) is 0 Å². The summed E-state index contributed by atoms with van der Waals surface area (Å²) in [4.78, 5) is 16.6. The highest BCUT2D eigenvalue weighted by molar-refractivity contribution is 5.94. The molecule has 0 radical (unpaired) electrons. The van der Waals surface area contributed by atoms with E-state index in [9.17, 15) is 9.18 Å². The topological polar surface area (TPSA) is 49.6 Å². The molecule has 1 aliphatic heterocycles. The molecule has 1 amide bonds. The number of halogens is 1. The highest BCUT2D eigenvalue weighted by Crippen LogP contribution is 2.31.